The average molecular weight is 729 g/mol. The van der Waals surface area contributed by atoms with Crippen LogP contribution in [-0.4, -0.2) is 110 Å². The van der Waals surface area contributed by atoms with Gasteiger partial charge in [-0.15, -0.1) is 0 Å². The summed E-state index contributed by atoms with van der Waals surface area (Å²) >= 11 is 1.21. The van der Waals surface area contributed by atoms with Crippen molar-refractivity contribution in [2.24, 2.45) is 0 Å². The Morgan fingerprint density at radius 3 is 2.06 bits per heavy atom. The summed E-state index contributed by atoms with van der Waals surface area (Å²) in [6.07, 6.45) is -1.42. The Morgan fingerprint density at radius 2 is 1.51 bits per heavy atom. The van der Waals surface area contributed by atoms with E-state index < -0.39 is 52.5 Å². The summed E-state index contributed by atoms with van der Waals surface area (Å²) in [5, 5.41) is 35.0. The van der Waals surface area contributed by atoms with Gasteiger partial charge in [-0.2, -0.15) is 0 Å². The van der Waals surface area contributed by atoms with Gasteiger partial charge in [-0.3, -0.25) is 50.2 Å². The highest BCUT2D eigenvalue weighted by molar-refractivity contribution is 8.14. The molecule has 2 aromatic rings. The Morgan fingerprint density at radius 1 is 0.941 bits per heavy atom. The monoisotopic (exact) mass is 728 g/mol. The molecule has 0 unspecified atom stereocenters. The van der Waals surface area contributed by atoms with Crippen LogP contribution in [0.2, 0.25) is 0 Å². The van der Waals surface area contributed by atoms with Crippen molar-refractivity contribution in [2.45, 2.75) is 50.3 Å². The molecule has 0 spiro atoms. The van der Waals surface area contributed by atoms with Crippen LogP contribution in [0, 0.1) is 25.6 Å². The van der Waals surface area contributed by atoms with Gasteiger partial charge in [0.15, 0.2) is 5.12 Å². The zero-order valence-electron chi connectivity index (χ0n) is 27.6. The molecule has 2 heterocycles. The van der Waals surface area contributed by atoms with E-state index in [9.17, 15) is 44.2 Å². The predicted molar refractivity (Wildman–Crippen MR) is 180 cm³/mol. The lowest BCUT2D eigenvalue weighted by atomic mass is 10.2. The van der Waals surface area contributed by atoms with E-state index in [1.165, 1.54) is 67.2 Å². The smallest absolute Gasteiger partial charge is 0.417 e. The fourth-order valence-corrected chi connectivity index (χ4v) is 6.56. The van der Waals surface area contributed by atoms with E-state index in [1.807, 2.05) is 11.9 Å². The molecule has 0 aromatic heterocycles. The summed E-state index contributed by atoms with van der Waals surface area (Å²) in [6, 6.07) is 9.46. The molecule has 0 aliphatic carbocycles. The SMILES string of the molecule is CC(=O)S[C@H]1C[C@@H](C(=O)N2CC[C@H](NC(=O)CN(C(=N)NC(=O)OCc3ccc([N+](=O)[O-])cc3)C(=O)OCc3ccc([N+](=O)[O-])cc3)C2)N(C)C1. The van der Waals surface area contributed by atoms with Crippen molar-refractivity contribution in [3.05, 3.63) is 79.9 Å². The summed E-state index contributed by atoms with van der Waals surface area (Å²) < 4.78 is 10.3. The topological polar surface area (TPSA) is 248 Å². The van der Waals surface area contributed by atoms with Gasteiger partial charge in [0.25, 0.3) is 11.4 Å². The first-order valence-electron chi connectivity index (χ1n) is 15.6. The highest BCUT2D eigenvalue weighted by atomic mass is 32.2. The minimum atomic E-state index is -1.20. The molecule has 20 heteroatoms. The van der Waals surface area contributed by atoms with Crippen molar-refractivity contribution < 1.29 is 43.3 Å². The molecular weight excluding hydrogens is 692 g/mol. The summed E-state index contributed by atoms with van der Waals surface area (Å²) in [6.45, 7) is 1.18. The number of nitro benzene ring substituents is 2. The van der Waals surface area contributed by atoms with Crippen LogP contribution in [0.15, 0.2) is 48.5 Å². The van der Waals surface area contributed by atoms with Crippen molar-refractivity contribution in [1.29, 1.82) is 5.41 Å². The molecule has 2 saturated heterocycles. The molecule has 2 aliphatic heterocycles. The Kier molecular flexibility index (Phi) is 13.0. The minimum absolute atomic E-state index is 0.00854. The Labute approximate surface area is 295 Å². The first-order valence-corrected chi connectivity index (χ1v) is 16.5. The third kappa shape index (κ3) is 10.9. The van der Waals surface area contributed by atoms with Crippen molar-refractivity contribution in [3.8, 4) is 0 Å². The average Bonchev–Trinajstić information content (AvgIpc) is 3.70. The third-order valence-electron chi connectivity index (χ3n) is 8.03. The number of nitrogens with one attached hydrogen (secondary N) is 3. The molecule has 272 valence electrons. The number of carbonyl (C=O) groups is 5. The number of thioether (sulfide) groups is 1. The van der Waals surface area contributed by atoms with E-state index in [1.54, 1.807) is 4.90 Å². The zero-order valence-corrected chi connectivity index (χ0v) is 28.5. The van der Waals surface area contributed by atoms with E-state index in [2.05, 4.69) is 10.6 Å². The van der Waals surface area contributed by atoms with Crippen LogP contribution in [-0.2, 0) is 37.1 Å². The molecule has 2 aromatic carbocycles. The lowest BCUT2D eigenvalue weighted by Gasteiger charge is -2.25. The first-order chi connectivity index (χ1) is 24.2. The summed E-state index contributed by atoms with van der Waals surface area (Å²) in [7, 11) is 1.82. The van der Waals surface area contributed by atoms with Crippen LogP contribution < -0.4 is 10.6 Å². The van der Waals surface area contributed by atoms with E-state index in [-0.39, 0.29) is 47.4 Å². The second kappa shape index (κ2) is 17.3. The van der Waals surface area contributed by atoms with Crippen LogP contribution in [0.25, 0.3) is 0 Å². The Bertz CT molecular complexity index is 1670. The molecule has 2 fully saturated rings. The van der Waals surface area contributed by atoms with E-state index in [0.717, 1.165) is 0 Å². The molecule has 0 radical (unpaired) electrons. The quantitative estimate of drug-likeness (QED) is 0.130. The molecule has 4 rings (SSSR count). The van der Waals surface area contributed by atoms with Crippen molar-refractivity contribution in [3.63, 3.8) is 0 Å². The van der Waals surface area contributed by atoms with Crippen LogP contribution in [0.3, 0.4) is 0 Å². The number of benzene rings is 2. The summed E-state index contributed by atoms with van der Waals surface area (Å²) in [5.41, 5.74) is 0.429. The molecular formula is C31H36N8O11S. The number of non-ortho nitro benzene ring substituents is 2. The van der Waals surface area contributed by atoms with E-state index >= 15 is 0 Å². The lowest BCUT2D eigenvalue weighted by molar-refractivity contribution is -0.385. The molecule has 3 atom stereocenters. The maximum Gasteiger partial charge on any atom is 0.417 e. The fraction of sp³-hybridized carbons (Fsp3) is 0.419. The molecule has 0 saturated carbocycles. The molecule has 2 aliphatic rings. The highest BCUT2D eigenvalue weighted by Crippen LogP contribution is 2.29. The number of carbonyl (C=O) groups excluding carboxylic acids is 5. The number of amides is 4. The summed E-state index contributed by atoms with van der Waals surface area (Å²) in [4.78, 5) is 88.3. The number of ether oxygens (including phenoxy) is 2. The number of alkyl carbamates (subject to hydrolysis) is 1. The first kappa shape index (κ1) is 38.2. The van der Waals surface area contributed by atoms with Gasteiger partial charge in [-0.25, -0.2) is 14.5 Å². The van der Waals surface area contributed by atoms with Crippen molar-refractivity contribution in [2.75, 3.05) is 33.2 Å². The van der Waals surface area contributed by atoms with Crippen molar-refractivity contribution in [1.82, 2.24) is 25.3 Å². The summed E-state index contributed by atoms with van der Waals surface area (Å²) in [5.74, 6) is -1.70. The number of rotatable bonds is 11. The number of likely N-dealkylation sites (tertiary alicyclic amines) is 2. The molecule has 0 bridgehead atoms. The number of hydrogen-bond donors (Lipinski definition) is 3. The Balaban J connectivity index is 1.35. The van der Waals surface area contributed by atoms with Crippen LogP contribution in [0.5, 0.6) is 0 Å². The maximum absolute atomic E-state index is 13.3. The Hall–Kier alpha value is -5.63. The predicted octanol–water partition coefficient (Wildman–Crippen LogP) is 2.37. The van der Waals surface area contributed by atoms with Gasteiger partial charge in [-0.05, 0) is 55.3 Å². The normalized spacial score (nSPS) is 18.4. The zero-order chi connectivity index (χ0) is 37.2. The van der Waals surface area contributed by atoms with Gasteiger partial charge < -0.3 is 19.7 Å². The standard InChI is InChI=1S/C31H36N8O11S/c1-19(40)51-25-13-26(35(2)15-25)28(42)36-12-11-22(14-36)33-27(41)16-37(31(44)50-18-21-5-9-24(10-6-21)39(47)48)29(32)34-30(43)49-17-20-3-7-23(8-4-20)38(45)46/h3-10,22,25-26H,11-18H2,1-2H3,(H,33,41)(H2,32,34,43)/t22-,25-,26-/m0/s1. The number of nitro groups is 2. The third-order valence-corrected chi connectivity index (χ3v) is 9.04. The van der Waals surface area contributed by atoms with E-state index in [4.69, 9.17) is 14.9 Å². The van der Waals surface area contributed by atoms with Gasteiger partial charge in [0.1, 0.15) is 19.8 Å². The molecule has 3 N–H and O–H groups in total. The number of nitrogens with zero attached hydrogens (tertiary/aromatic N) is 5. The maximum atomic E-state index is 13.3. The van der Waals surface area contributed by atoms with Crippen LogP contribution in [0.1, 0.15) is 30.9 Å². The van der Waals surface area contributed by atoms with E-state index in [0.29, 0.717) is 42.0 Å². The number of hydrogen-bond acceptors (Lipinski definition) is 14. The van der Waals surface area contributed by atoms with Gasteiger partial charge in [0, 0.05) is 62.1 Å². The molecule has 19 nitrogen and oxygen atoms in total. The fourth-order valence-electron chi connectivity index (χ4n) is 5.50. The second-order valence-corrected chi connectivity index (χ2v) is 13.3. The van der Waals surface area contributed by atoms with Gasteiger partial charge in [0.05, 0.1) is 15.9 Å². The van der Waals surface area contributed by atoms with Crippen LogP contribution >= 0.6 is 11.8 Å². The number of guanidine groups is 1. The van der Waals surface area contributed by atoms with Crippen LogP contribution in [0.4, 0.5) is 21.0 Å². The van der Waals surface area contributed by atoms with Gasteiger partial charge >= 0.3 is 12.2 Å². The van der Waals surface area contributed by atoms with Gasteiger partial charge in [0.2, 0.25) is 17.8 Å². The number of likely N-dealkylation sites (N-methyl/N-ethyl adjacent to an activating group) is 1. The second-order valence-electron chi connectivity index (χ2n) is 11.8. The molecule has 4 amide bonds. The minimum Gasteiger partial charge on any atom is -0.444 e. The molecule has 51 heavy (non-hydrogen) atoms. The van der Waals surface area contributed by atoms with Crippen molar-refractivity contribution >= 4 is 58.2 Å². The van der Waals surface area contributed by atoms with Gasteiger partial charge in [-0.1, -0.05) is 11.8 Å². The highest BCUT2D eigenvalue weighted by Gasteiger charge is 2.40. The largest absolute Gasteiger partial charge is 0.444 e. The lowest BCUT2D eigenvalue weighted by Crippen LogP contribution is -2.52.